The van der Waals surface area contributed by atoms with Gasteiger partial charge in [0, 0.05) is 35.5 Å². The van der Waals surface area contributed by atoms with E-state index in [1.807, 2.05) is 0 Å². The Labute approximate surface area is 247 Å². The molecule has 0 saturated carbocycles. The molecule has 0 amide bonds. The maximum absolute atomic E-state index is 2.35. The first-order chi connectivity index (χ1) is 20.6. The van der Waals surface area contributed by atoms with Gasteiger partial charge in [-0.15, -0.1) is 0 Å². The van der Waals surface area contributed by atoms with Crippen LogP contribution in [0.5, 0.6) is 0 Å². The molecule has 0 spiro atoms. The normalized spacial score (nSPS) is 11.1. The minimum absolute atomic E-state index is 1.13. The molecule has 0 aromatic heterocycles. The fraction of sp³-hybridized carbons (Fsp3) is 0.0500. The molecule has 0 atom stereocenters. The zero-order valence-electron chi connectivity index (χ0n) is 23.9. The van der Waals surface area contributed by atoms with Crippen molar-refractivity contribution in [1.82, 2.24) is 0 Å². The van der Waals surface area contributed by atoms with E-state index in [4.69, 9.17) is 0 Å². The van der Waals surface area contributed by atoms with Gasteiger partial charge in [0.2, 0.25) is 0 Å². The predicted octanol–water partition coefficient (Wildman–Crippen LogP) is 11.2. The summed E-state index contributed by atoms with van der Waals surface area (Å²) in [5.41, 5.74) is 9.42. The van der Waals surface area contributed by atoms with Crippen LogP contribution in [-0.2, 0) is 0 Å². The van der Waals surface area contributed by atoms with Gasteiger partial charge in [0.05, 0.1) is 0 Å². The van der Waals surface area contributed by atoms with Crippen molar-refractivity contribution in [2.75, 3.05) is 16.8 Å². The average Bonchev–Trinajstić information content (AvgIpc) is 3.05. The van der Waals surface area contributed by atoms with Gasteiger partial charge in [-0.1, -0.05) is 97.1 Å². The number of hydrogen-bond donors (Lipinski definition) is 0. The summed E-state index contributed by atoms with van der Waals surface area (Å²) in [7, 11) is 2.12. The van der Waals surface area contributed by atoms with Crippen LogP contribution in [0.1, 0.15) is 5.56 Å². The third kappa shape index (κ3) is 5.00. The van der Waals surface area contributed by atoms with Gasteiger partial charge < -0.3 is 9.80 Å². The largest absolute Gasteiger partial charge is 0.345 e. The molecule has 0 aliphatic rings. The van der Waals surface area contributed by atoms with E-state index in [0.717, 1.165) is 17.1 Å². The molecule has 0 aliphatic carbocycles. The Bertz CT molecular complexity index is 1930. The van der Waals surface area contributed by atoms with Crippen molar-refractivity contribution < 1.29 is 0 Å². The van der Waals surface area contributed by atoms with E-state index >= 15 is 0 Å². The molecule has 2 heteroatoms. The second-order valence-electron chi connectivity index (χ2n) is 10.9. The molecule has 2 nitrogen and oxygen atoms in total. The Morgan fingerprint density at radius 3 is 1.36 bits per heavy atom. The molecule has 0 heterocycles. The van der Waals surface area contributed by atoms with Gasteiger partial charge in [0.1, 0.15) is 0 Å². The molecular formula is C40H32N2. The van der Waals surface area contributed by atoms with E-state index in [9.17, 15) is 0 Å². The maximum Gasteiger partial charge on any atom is 0.0468 e. The first-order valence-electron chi connectivity index (χ1n) is 14.4. The maximum atomic E-state index is 2.35. The molecule has 7 rings (SSSR count). The molecule has 42 heavy (non-hydrogen) atoms. The van der Waals surface area contributed by atoms with Crippen molar-refractivity contribution in [2.45, 2.75) is 6.92 Å². The Balaban J connectivity index is 1.23. The van der Waals surface area contributed by atoms with E-state index in [0.29, 0.717) is 0 Å². The predicted molar refractivity (Wildman–Crippen MR) is 181 cm³/mol. The summed E-state index contributed by atoms with van der Waals surface area (Å²) in [6, 6.07) is 56.8. The number of aryl methyl sites for hydroxylation is 1. The van der Waals surface area contributed by atoms with Crippen molar-refractivity contribution in [3.8, 4) is 11.1 Å². The third-order valence-electron chi connectivity index (χ3n) is 8.08. The van der Waals surface area contributed by atoms with Gasteiger partial charge in [-0.3, -0.25) is 0 Å². The zero-order chi connectivity index (χ0) is 28.5. The van der Waals surface area contributed by atoms with Crippen LogP contribution in [0, 0.1) is 6.92 Å². The fourth-order valence-corrected chi connectivity index (χ4v) is 5.74. The topological polar surface area (TPSA) is 6.48 Å². The van der Waals surface area contributed by atoms with Gasteiger partial charge >= 0.3 is 0 Å². The lowest BCUT2D eigenvalue weighted by atomic mass is 10.0. The highest BCUT2D eigenvalue weighted by Gasteiger charge is 2.14. The van der Waals surface area contributed by atoms with Crippen molar-refractivity contribution in [1.29, 1.82) is 0 Å². The van der Waals surface area contributed by atoms with Gasteiger partial charge in [-0.05, 0) is 106 Å². The van der Waals surface area contributed by atoms with E-state index in [2.05, 4.69) is 181 Å². The lowest BCUT2D eigenvalue weighted by Gasteiger charge is -2.26. The van der Waals surface area contributed by atoms with Crippen LogP contribution in [0.3, 0.4) is 0 Å². The summed E-state index contributed by atoms with van der Waals surface area (Å²) in [6.07, 6.45) is 0. The summed E-state index contributed by atoms with van der Waals surface area (Å²) in [6.45, 7) is 2.13. The second kappa shape index (κ2) is 10.9. The highest BCUT2D eigenvalue weighted by atomic mass is 15.1. The smallest absolute Gasteiger partial charge is 0.0468 e. The average molecular weight is 541 g/mol. The molecule has 7 aromatic carbocycles. The second-order valence-corrected chi connectivity index (χ2v) is 10.9. The van der Waals surface area contributed by atoms with E-state index in [1.54, 1.807) is 0 Å². The number of benzene rings is 7. The Hall–Kier alpha value is -5.34. The molecule has 0 N–H and O–H groups in total. The van der Waals surface area contributed by atoms with Crippen molar-refractivity contribution in [3.05, 3.63) is 163 Å². The van der Waals surface area contributed by atoms with Gasteiger partial charge in [0.15, 0.2) is 0 Å². The van der Waals surface area contributed by atoms with Crippen LogP contribution in [-0.4, -0.2) is 7.05 Å². The summed E-state index contributed by atoms with van der Waals surface area (Å²) in [5.74, 6) is 0. The molecule has 0 radical (unpaired) electrons. The van der Waals surface area contributed by atoms with Crippen LogP contribution >= 0.6 is 0 Å². The first-order valence-corrected chi connectivity index (χ1v) is 14.4. The Morgan fingerprint density at radius 2 is 0.833 bits per heavy atom. The molecule has 0 bridgehead atoms. The highest BCUT2D eigenvalue weighted by molar-refractivity contribution is 5.92. The highest BCUT2D eigenvalue weighted by Crippen LogP contribution is 2.38. The van der Waals surface area contributed by atoms with Gasteiger partial charge in [0.25, 0.3) is 0 Å². The molecule has 0 aliphatic heterocycles. The number of fused-ring (bicyclic) bond motifs is 2. The monoisotopic (exact) mass is 540 g/mol. The quantitative estimate of drug-likeness (QED) is 0.207. The molecule has 202 valence electrons. The van der Waals surface area contributed by atoms with Gasteiger partial charge in [-0.2, -0.15) is 0 Å². The lowest BCUT2D eigenvalue weighted by Crippen LogP contribution is -2.10. The number of nitrogens with zero attached hydrogens (tertiary/aromatic N) is 2. The molecule has 0 unspecified atom stereocenters. The molecule has 0 fully saturated rings. The number of hydrogen-bond acceptors (Lipinski definition) is 2. The Kier molecular flexibility index (Phi) is 6.65. The Morgan fingerprint density at radius 1 is 0.357 bits per heavy atom. The summed E-state index contributed by atoms with van der Waals surface area (Å²) >= 11 is 0. The third-order valence-corrected chi connectivity index (χ3v) is 8.08. The SMILES string of the molecule is Cc1cccc(N(C)c2ccc(-c3ccc(N(c4ccc5ccccc5c4)c4ccc5ccccc5c4)cc3)cc2)c1. The fourth-order valence-electron chi connectivity index (χ4n) is 5.74. The van der Waals surface area contributed by atoms with Gasteiger partial charge in [-0.25, -0.2) is 0 Å². The summed E-state index contributed by atoms with van der Waals surface area (Å²) < 4.78 is 0. The molecule has 7 aromatic rings. The van der Waals surface area contributed by atoms with Crippen LogP contribution in [0.15, 0.2) is 158 Å². The van der Waals surface area contributed by atoms with E-state index in [1.165, 1.54) is 49.6 Å². The first kappa shape index (κ1) is 25.6. The van der Waals surface area contributed by atoms with Crippen LogP contribution in [0.25, 0.3) is 32.7 Å². The number of rotatable bonds is 6. The minimum Gasteiger partial charge on any atom is -0.345 e. The van der Waals surface area contributed by atoms with E-state index in [-0.39, 0.29) is 0 Å². The zero-order valence-corrected chi connectivity index (χ0v) is 23.9. The minimum atomic E-state index is 1.13. The van der Waals surface area contributed by atoms with Crippen molar-refractivity contribution in [2.24, 2.45) is 0 Å². The van der Waals surface area contributed by atoms with Crippen molar-refractivity contribution in [3.63, 3.8) is 0 Å². The standard InChI is InChI=1S/C40H32N2/c1-29-8-7-13-38(26-29)41(2)36-20-14-32(15-21-36)33-16-22-37(23-17-33)42(39-24-18-30-9-3-5-11-34(30)27-39)40-25-19-31-10-4-6-12-35(31)28-40/h3-28H,1-2H3. The lowest BCUT2D eigenvalue weighted by molar-refractivity contribution is 1.20. The molecular weight excluding hydrogens is 508 g/mol. The van der Waals surface area contributed by atoms with E-state index < -0.39 is 0 Å². The number of anilines is 5. The summed E-state index contributed by atoms with van der Waals surface area (Å²) in [4.78, 5) is 4.58. The van der Waals surface area contributed by atoms with Crippen molar-refractivity contribution >= 4 is 50.0 Å². The summed E-state index contributed by atoms with van der Waals surface area (Å²) in [5, 5.41) is 4.94. The molecule has 0 saturated heterocycles. The van der Waals surface area contributed by atoms with Crippen LogP contribution < -0.4 is 9.80 Å². The van der Waals surface area contributed by atoms with Crippen LogP contribution in [0.2, 0.25) is 0 Å². The van der Waals surface area contributed by atoms with Crippen LogP contribution in [0.4, 0.5) is 28.4 Å².